The van der Waals surface area contributed by atoms with Crippen molar-refractivity contribution in [2.24, 2.45) is 0 Å². The van der Waals surface area contributed by atoms with Crippen molar-refractivity contribution in [3.05, 3.63) is 69.4 Å². The lowest BCUT2D eigenvalue weighted by Gasteiger charge is -2.06. The zero-order valence-corrected chi connectivity index (χ0v) is 11.7. The van der Waals surface area contributed by atoms with Gasteiger partial charge >= 0.3 is 0 Å². The van der Waals surface area contributed by atoms with Gasteiger partial charge in [0.05, 0.1) is 4.92 Å². The highest BCUT2D eigenvalue weighted by atomic mass is 35.5. The van der Waals surface area contributed by atoms with Gasteiger partial charge in [-0.3, -0.25) is 10.1 Å². The minimum Gasteiger partial charge on any atom is -0.381 e. The smallest absolute Gasteiger partial charge is 0.288 e. The number of halogens is 1. The van der Waals surface area contributed by atoms with E-state index in [1.54, 1.807) is 12.1 Å². The van der Waals surface area contributed by atoms with E-state index in [9.17, 15) is 10.1 Å². The Hall–Kier alpha value is -2.53. The molecule has 0 spiro atoms. The van der Waals surface area contributed by atoms with Gasteiger partial charge in [-0.15, -0.1) is 0 Å². The highest BCUT2D eigenvalue weighted by Gasteiger charge is 2.12. The Morgan fingerprint density at radius 3 is 2.81 bits per heavy atom. The van der Waals surface area contributed by atoms with Crippen LogP contribution in [-0.2, 0) is 6.54 Å². The Bertz CT molecular complexity index is 814. The van der Waals surface area contributed by atoms with Crippen LogP contribution in [0.4, 0.5) is 11.4 Å². The Morgan fingerprint density at radius 1 is 1.24 bits per heavy atom. The van der Waals surface area contributed by atoms with Crippen molar-refractivity contribution in [3.8, 4) is 0 Å². The summed E-state index contributed by atoms with van der Waals surface area (Å²) in [7, 11) is 0. The van der Waals surface area contributed by atoms with Crippen molar-refractivity contribution < 1.29 is 4.92 Å². The summed E-state index contributed by atoms with van der Waals surface area (Å²) in [6.07, 6.45) is 1.95. The Morgan fingerprint density at radius 2 is 2.05 bits per heavy atom. The maximum absolute atomic E-state index is 10.7. The second-order valence-electron chi connectivity index (χ2n) is 4.64. The summed E-state index contributed by atoms with van der Waals surface area (Å²) in [5, 5.41) is 15.2. The summed E-state index contributed by atoms with van der Waals surface area (Å²) >= 11 is 5.89. The fourth-order valence-electron chi connectivity index (χ4n) is 2.24. The first-order valence-electron chi connectivity index (χ1n) is 6.38. The molecule has 2 aromatic carbocycles. The maximum Gasteiger partial charge on any atom is 0.288 e. The molecule has 5 nitrogen and oxygen atoms in total. The molecular formula is C15H12ClN3O2. The van der Waals surface area contributed by atoms with Crippen LogP contribution in [0.3, 0.4) is 0 Å². The van der Waals surface area contributed by atoms with E-state index in [0.29, 0.717) is 6.54 Å². The Kier molecular flexibility index (Phi) is 3.50. The first-order chi connectivity index (χ1) is 10.1. The predicted octanol–water partition coefficient (Wildman–Crippen LogP) is 4.34. The fourth-order valence-corrected chi connectivity index (χ4v) is 2.49. The number of para-hydroxylation sites is 1. The van der Waals surface area contributed by atoms with Gasteiger partial charge in [-0.05, 0) is 23.8 Å². The van der Waals surface area contributed by atoms with Crippen molar-refractivity contribution in [1.29, 1.82) is 0 Å². The number of benzene rings is 2. The first kappa shape index (κ1) is 13.5. The van der Waals surface area contributed by atoms with E-state index in [-0.39, 0.29) is 10.7 Å². The van der Waals surface area contributed by atoms with Gasteiger partial charge in [0.25, 0.3) is 5.69 Å². The van der Waals surface area contributed by atoms with Crippen molar-refractivity contribution in [1.82, 2.24) is 4.98 Å². The highest BCUT2D eigenvalue weighted by Crippen LogP contribution is 2.27. The van der Waals surface area contributed by atoms with E-state index in [1.165, 1.54) is 6.07 Å². The van der Waals surface area contributed by atoms with E-state index in [0.717, 1.165) is 22.2 Å². The molecule has 1 aromatic heterocycles. The molecule has 106 valence electrons. The third kappa shape index (κ3) is 2.68. The molecule has 0 saturated carbocycles. The molecule has 6 heteroatoms. The lowest BCUT2D eigenvalue weighted by atomic mass is 10.2. The third-order valence-electron chi connectivity index (χ3n) is 3.30. The molecule has 0 fully saturated rings. The van der Waals surface area contributed by atoms with E-state index in [4.69, 9.17) is 11.6 Å². The number of nitro groups is 1. The monoisotopic (exact) mass is 301 g/mol. The normalized spacial score (nSPS) is 10.7. The summed E-state index contributed by atoms with van der Waals surface area (Å²) in [5.74, 6) is 0. The largest absolute Gasteiger partial charge is 0.381 e. The van der Waals surface area contributed by atoms with Gasteiger partial charge in [0.15, 0.2) is 0 Å². The maximum atomic E-state index is 10.7. The molecule has 0 aliphatic rings. The summed E-state index contributed by atoms with van der Waals surface area (Å²) < 4.78 is 0. The number of hydrogen-bond acceptors (Lipinski definition) is 3. The molecule has 2 N–H and O–H groups in total. The number of aromatic nitrogens is 1. The van der Waals surface area contributed by atoms with Crippen LogP contribution in [0, 0.1) is 10.1 Å². The van der Waals surface area contributed by atoms with Gasteiger partial charge in [0.1, 0.15) is 5.02 Å². The number of nitro benzene ring substituents is 1. The second-order valence-corrected chi connectivity index (χ2v) is 5.04. The van der Waals surface area contributed by atoms with Crippen LogP contribution >= 0.6 is 11.6 Å². The zero-order chi connectivity index (χ0) is 14.8. The molecular weight excluding hydrogens is 290 g/mol. The highest BCUT2D eigenvalue weighted by molar-refractivity contribution is 6.32. The number of anilines is 1. The quantitative estimate of drug-likeness (QED) is 0.556. The van der Waals surface area contributed by atoms with Crippen LogP contribution < -0.4 is 5.32 Å². The first-order valence-corrected chi connectivity index (χ1v) is 6.76. The SMILES string of the molecule is O=[N+]([O-])c1ccc(NCc2c[nH]c3ccccc23)cc1Cl. The van der Waals surface area contributed by atoms with Crippen LogP contribution in [-0.4, -0.2) is 9.91 Å². The second kappa shape index (κ2) is 5.46. The average Bonchev–Trinajstić information content (AvgIpc) is 2.88. The number of nitrogens with one attached hydrogen (secondary N) is 2. The minimum absolute atomic E-state index is 0.0886. The molecule has 0 aliphatic carbocycles. The molecule has 21 heavy (non-hydrogen) atoms. The van der Waals surface area contributed by atoms with Crippen LogP contribution in [0.1, 0.15) is 5.56 Å². The van der Waals surface area contributed by atoms with Gasteiger partial charge in [0, 0.05) is 35.4 Å². The fraction of sp³-hybridized carbons (Fsp3) is 0.0667. The number of H-pyrrole nitrogens is 1. The van der Waals surface area contributed by atoms with E-state index < -0.39 is 4.92 Å². The molecule has 0 amide bonds. The summed E-state index contributed by atoms with van der Waals surface area (Å²) in [6.45, 7) is 0.609. The van der Waals surface area contributed by atoms with Crippen molar-refractivity contribution in [2.75, 3.05) is 5.32 Å². The Labute approximate surface area is 125 Å². The van der Waals surface area contributed by atoms with E-state index >= 15 is 0 Å². The molecule has 1 heterocycles. The number of hydrogen-bond donors (Lipinski definition) is 2. The lowest BCUT2D eigenvalue weighted by Crippen LogP contribution is -1.99. The van der Waals surface area contributed by atoms with Crippen molar-refractivity contribution in [3.63, 3.8) is 0 Å². The predicted molar refractivity (Wildman–Crippen MR) is 83.7 cm³/mol. The van der Waals surface area contributed by atoms with Crippen molar-refractivity contribution in [2.45, 2.75) is 6.54 Å². The Balaban J connectivity index is 1.79. The molecule has 0 unspecified atom stereocenters. The van der Waals surface area contributed by atoms with Gasteiger partial charge in [-0.2, -0.15) is 0 Å². The van der Waals surface area contributed by atoms with Gasteiger partial charge in [-0.25, -0.2) is 0 Å². The zero-order valence-electron chi connectivity index (χ0n) is 11.0. The van der Waals surface area contributed by atoms with E-state index in [1.807, 2.05) is 30.5 Å². The summed E-state index contributed by atoms with van der Waals surface area (Å²) in [5.41, 5.74) is 2.86. The molecule has 0 bridgehead atoms. The number of rotatable bonds is 4. The average molecular weight is 302 g/mol. The van der Waals surface area contributed by atoms with Crippen LogP contribution in [0.15, 0.2) is 48.7 Å². The van der Waals surface area contributed by atoms with Crippen LogP contribution in [0.2, 0.25) is 5.02 Å². The van der Waals surface area contributed by atoms with Gasteiger partial charge in [0.2, 0.25) is 0 Å². The van der Waals surface area contributed by atoms with Crippen LogP contribution in [0.25, 0.3) is 10.9 Å². The van der Waals surface area contributed by atoms with Crippen molar-refractivity contribution >= 4 is 33.9 Å². The van der Waals surface area contributed by atoms with Crippen LogP contribution in [0.5, 0.6) is 0 Å². The third-order valence-corrected chi connectivity index (χ3v) is 3.60. The topological polar surface area (TPSA) is 71.0 Å². The molecule has 0 radical (unpaired) electrons. The lowest BCUT2D eigenvalue weighted by molar-refractivity contribution is -0.384. The number of fused-ring (bicyclic) bond motifs is 1. The standard InChI is InChI=1S/C15H12ClN3O2/c16-13-7-11(5-6-15(13)19(20)21)17-8-10-9-18-14-4-2-1-3-12(10)14/h1-7,9,17-18H,8H2. The van der Waals surface area contributed by atoms with Gasteiger partial charge < -0.3 is 10.3 Å². The number of nitrogens with zero attached hydrogens (tertiary/aromatic N) is 1. The molecule has 0 atom stereocenters. The molecule has 0 saturated heterocycles. The molecule has 0 aliphatic heterocycles. The van der Waals surface area contributed by atoms with Gasteiger partial charge in [-0.1, -0.05) is 29.8 Å². The molecule has 3 rings (SSSR count). The number of aromatic amines is 1. The van der Waals surface area contributed by atoms with E-state index in [2.05, 4.69) is 10.3 Å². The molecule has 3 aromatic rings. The minimum atomic E-state index is -0.494. The summed E-state index contributed by atoms with van der Waals surface area (Å²) in [6, 6.07) is 12.6. The summed E-state index contributed by atoms with van der Waals surface area (Å²) in [4.78, 5) is 13.4.